The van der Waals surface area contributed by atoms with Gasteiger partial charge in [0.15, 0.2) is 0 Å². The number of rotatable bonds is 6. The van der Waals surface area contributed by atoms with E-state index in [0.717, 1.165) is 36.1 Å². The molecule has 2 heterocycles. The number of hydrogen-bond acceptors (Lipinski definition) is 4. The number of hydrogen-bond donors (Lipinski definition) is 1. The van der Waals surface area contributed by atoms with Gasteiger partial charge in [0, 0.05) is 50.7 Å². The summed E-state index contributed by atoms with van der Waals surface area (Å²) < 4.78 is 38.5. The van der Waals surface area contributed by atoms with Gasteiger partial charge in [-0.25, -0.2) is 0 Å². The summed E-state index contributed by atoms with van der Waals surface area (Å²) in [6.07, 6.45) is -3.14. The van der Waals surface area contributed by atoms with Gasteiger partial charge in [0.05, 0.1) is 13.0 Å². The van der Waals surface area contributed by atoms with Crippen molar-refractivity contribution in [2.75, 3.05) is 46.9 Å². The van der Waals surface area contributed by atoms with Crippen LogP contribution in [-0.2, 0) is 0 Å². The first-order valence-corrected chi connectivity index (χ1v) is 12.3. The summed E-state index contributed by atoms with van der Waals surface area (Å²) in [4.78, 5) is 17.9. The molecule has 2 fully saturated rings. The quantitative estimate of drug-likeness (QED) is 0.660. The molecular weight excluding hydrogens is 455 g/mol. The average molecular weight is 490 g/mol. The fraction of sp³-hybridized carbons (Fsp3) is 0.519. The van der Waals surface area contributed by atoms with E-state index in [4.69, 9.17) is 0 Å². The first kappa shape index (κ1) is 25.7. The monoisotopic (exact) mass is 489 g/mol. The van der Waals surface area contributed by atoms with Crippen LogP contribution in [0.4, 0.5) is 13.2 Å². The first-order chi connectivity index (χ1) is 16.7. The molecule has 0 unspecified atom stereocenters. The minimum Gasteiger partial charge on any atom is -0.395 e. The highest BCUT2D eigenvalue weighted by Crippen LogP contribution is 2.42. The Bertz CT molecular complexity index is 992. The van der Waals surface area contributed by atoms with E-state index in [1.165, 1.54) is 0 Å². The van der Waals surface area contributed by atoms with E-state index in [0.29, 0.717) is 18.7 Å². The van der Waals surface area contributed by atoms with Crippen molar-refractivity contribution in [3.05, 3.63) is 59.7 Å². The fourth-order valence-electron chi connectivity index (χ4n) is 5.46. The third-order valence-corrected chi connectivity index (χ3v) is 7.33. The van der Waals surface area contributed by atoms with Gasteiger partial charge in [-0.15, -0.1) is 0 Å². The number of aliphatic hydroxyl groups excluding tert-OH is 1. The van der Waals surface area contributed by atoms with Crippen LogP contribution in [-0.4, -0.2) is 90.9 Å². The molecule has 0 radical (unpaired) electrons. The van der Waals surface area contributed by atoms with Crippen molar-refractivity contribution in [3.8, 4) is 11.1 Å². The molecule has 190 valence electrons. The van der Waals surface area contributed by atoms with E-state index in [-0.39, 0.29) is 37.1 Å². The maximum atomic E-state index is 12.8. The molecule has 2 aliphatic heterocycles. The number of amides is 1. The van der Waals surface area contributed by atoms with Crippen LogP contribution in [0.15, 0.2) is 48.5 Å². The van der Waals surface area contributed by atoms with E-state index in [1.807, 2.05) is 41.3 Å². The lowest BCUT2D eigenvalue weighted by Crippen LogP contribution is -2.67. The molecule has 4 rings (SSSR count). The molecule has 1 amide bonds. The molecule has 2 saturated heterocycles. The molecule has 2 aromatic rings. The van der Waals surface area contributed by atoms with E-state index >= 15 is 0 Å². The van der Waals surface area contributed by atoms with Gasteiger partial charge in [0.1, 0.15) is 0 Å². The molecular formula is C27H34F3N3O2. The number of carbonyl (C=O) groups is 1. The first-order valence-electron chi connectivity index (χ1n) is 12.3. The number of alkyl halides is 3. The SMILES string of the molecule is CN(C)C(=O)c1ccc(-c2ccc([C@H]3[C@@H](CO)N4CCCCN(CCC(F)(F)F)C[C@H]34)cc2)cc1. The summed E-state index contributed by atoms with van der Waals surface area (Å²) in [5.74, 6) is 0.0422. The molecule has 3 atom stereocenters. The summed E-state index contributed by atoms with van der Waals surface area (Å²) in [5.41, 5.74) is 3.77. The maximum absolute atomic E-state index is 12.8. The van der Waals surface area contributed by atoms with Crippen LogP contribution in [0.1, 0.15) is 41.1 Å². The lowest BCUT2D eigenvalue weighted by molar-refractivity contribution is -0.140. The van der Waals surface area contributed by atoms with Crippen LogP contribution in [0.25, 0.3) is 11.1 Å². The highest BCUT2D eigenvalue weighted by Gasteiger charge is 2.49. The van der Waals surface area contributed by atoms with Gasteiger partial charge in [0.2, 0.25) is 0 Å². The lowest BCUT2D eigenvalue weighted by atomic mass is 9.74. The number of halogens is 3. The topological polar surface area (TPSA) is 47.0 Å². The fourth-order valence-corrected chi connectivity index (χ4v) is 5.46. The number of nitrogens with zero attached hydrogens (tertiary/aromatic N) is 3. The standard InChI is InChI=1S/C27H34F3N3O2/c1-31(2)26(35)22-11-7-20(8-12-22)19-5-9-21(10-6-19)25-23-17-32(16-13-27(28,29)30)14-3-4-15-33(23)24(25)18-34/h5-12,23-25,34H,3-4,13-18H2,1-2H3/t23-,24-,25-/m1/s1. The summed E-state index contributed by atoms with van der Waals surface area (Å²) in [6, 6.07) is 15.8. The second-order valence-corrected chi connectivity index (χ2v) is 9.85. The molecule has 35 heavy (non-hydrogen) atoms. The number of fused-ring (bicyclic) bond motifs is 1. The van der Waals surface area contributed by atoms with Crippen LogP contribution in [0, 0.1) is 0 Å². The Labute approximate surface area is 205 Å². The Morgan fingerprint density at radius 1 is 1.00 bits per heavy atom. The number of benzene rings is 2. The zero-order chi connectivity index (χ0) is 25.2. The van der Waals surface area contributed by atoms with Crippen molar-refractivity contribution < 1.29 is 23.1 Å². The molecule has 0 spiro atoms. The maximum Gasteiger partial charge on any atom is 0.390 e. The molecule has 0 bridgehead atoms. The summed E-state index contributed by atoms with van der Waals surface area (Å²) >= 11 is 0. The van der Waals surface area contributed by atoms with Gasteiger partial charge in [0.25, 0.3) is 5.91 Å². The zero-order valence-electron chi connectivity index (χ0n) is 20.3. The van der Waals surface area contributed by atoms with Gasteiger partial charge in [-0.1, -0.05) is 36.4 Å². The highest BCUT2D eigenvalue weighted by molar-refractivity contribution is 5.94. The second kappa shape index (κ2) is 10.7. The normalized spacial score (nSPS) is 23.7. The molecule has 2 aliphatic rings. The summed E-state index contributed by atoms with van der Waals surface area (Å²) in [5, 5.41) is 10.1. The third kappa shape index (κ3) is 5.88. The van der Waals surface area contributed by atoms with Crippen LogP contribution < -0.4 is 0 Å². The van der Waals surface area contributed by atoms with E-state index in [1.54, 1.807) is 19.0 Å². The summed E-state index contributed by atoms with van der Waals surface area (Å²) in [6.45, 7) is 2.20. The van der Waals surface area contributed by atoms with Gasteiger partial charge >= 0.3 is 6.18 Å². The zero-order valence-corrected chi connectivity index (χ0v) is 20.3. The van der Waals surface area contributed by atoms with Crippen molar-refractivity contribution in [1.29, 1.82) is 0 Å². The predicted molar refractivity (Wildman–Crippen MR) is 130 cm³/mol. The van der Waals surface area contributed by atoms with Gasteiger partial charge in [-0.2, -0.15) is 13.2 Å². The molecule has 5 nitrogen and oxygen atoms in total. The Morgan fingerprint density at radius 3 is 2.17 bits per heavy atom. The third-order valence-electron chi connectivity index (χ3n) is 7.33. The molecule has 0 saturated carbocycles. The molecule has 2 aromatic carbocycles. The van der Waals surface area contributed by atoms with Gasteiger partial charge in [-0.05, 0) is 54.8 Å². The average Bonchev–Trinajstić information content (AvgIpc) is 2.82. The lowest BCUT2D eigenvalue weighted by Gasteiger charge is -2.57. The Morgan fingerprint density at radius 2 is 1.60 bits per heavy atom. The number of aliphatic hydroxyl groups is 1. The Hall–Kier alpha value is -2.42. The smallest absolute Gasteiger partial charge is 0.390 e. The number of carbonyl (C=O) groups excluding carboxylic acids is 1. The summed E-state index contributed by atoms with van der Waals surface area (Å²) in [7, 11) is 3.45. The van der Waals surface area contributed by atoms with Crippen LogP contribution in [0.5, 0.6) is 0 Å². The van der Waals surface area contributed by atoms with E-state index in [2.05, 4.69) is 17.0 Å². The van der Waals surface area contributed by atoms with Crippen molar-refractivity contribution in [3.63, 3.8) is 0 Å². The molecule has 0 aliphatic carbocycles. The van der Waals surface area contributed by atoms with Crippen LogP contribution >= 0.6 is 0 Å². The highest BCUT2D eigenvalue weighted by atomic mass is 19.4. The second-order valence-electron chi connectivity index (χ2n) is 9.85. The van der Waals surface area contributed by atoms with Crippen molar-refractivity contribution in [2.24, 2.45) is 0 Å². The minimum absolute atomic E-state index is 0.00949. The van der Waals surface area contributed by atoms with E-state index < -0.39 is 12.6 Å². The van der Waals surface area contributed by atoms with Gasteiger partial charge < -0.3 is 14.9 Å². The Balaban J connectivity index is 1.49. The van der Waals surface area contributed by atoms with E-state index in [9.17, 15) is 23.1 Å². The molecule has 8 heteroatoms. The minimum atomic E-state index is -4.15. The molecule has 1 N–H and O–H groups in total. The van der Waals surface area contributed by atoms with Crippen LogP contribution in [0.2, 0.25) is 0 Å². The van der Waals surface area contributed by atoms with Crippen molar-refractivity contribution >= 4 is 5.91 Å². The van der Waals surface area contributed by atoms with Crippen LogP contribution in [0.3, 0.4) is 0 Å². The van der Waals surface area contributed by atoms with Crippen molar-refractivity contribution in [2.45, 2.75) is 43.4 Å². The van der Waals surface area contributed by atoms with Crippen molar-refractivity contribution in [1.82, 2.24) is 14.7 Å². The van der Waals surface area contributed by atoms with Gasteiger partial charge in [-0.3, -0.25) is 9.69 Å². The predicted octanol–water partition coefficient (Wildman–Crippen LogP) is 4.23. The Kier molecular flexibility index (Phi) is 7.83. The molecule has 0 aromatic heterocycles. The largest absolute Gasteiger partial charge is 0.395 e.